The van der Waals surface area contributed by atoms with Crippen LogP contribution in [0.2, 0.25) is 0 Å². The standard InChI is InChI=1S/C30H31N7O3/c1-17-9-21-14-32-24-13-27(18(2)10-22(24)30(39)37(21)15-17)40-8-4-5-28(38)33-20-12-26(36(3)16-20)29-34-23-7-6-19(31)11-25(23)35-29/h6-7,10-14,16,21H,1,4-5,8-9,15,31H2,2-3H3,(H,33,38)(H,34,35). The molecule has 2 aromatic carbocycles. The summed E-state index contributed by atoms with van der Waals surface area (Å²) in [5.74, 6) is 1.23. The van der Waals surface area contributed by atoms with E-state index in [9.17, 15) is 9.59 Å². The zero-order chi connectivity index (χ0) is 28.0. The number of aromatic amines is 1. The number of benzene rings is 2. The number of hydrogen-bond acceptors (Lipinski definition) is 6. The highest BCUT2D eigenvalue weighted by molar-refractivity contribution is 6.03. The van der Waals surface area contributed by atoms with Crippen molar-refractivity contribution < 1.29 is 14.3 Å². The first kappa shape index (κ1) is 25.4. The Hall–Kier alpha value is -4.86. The van der Waals surface area contributed by atoms with Crippen LogP contribution in [0.3, 0.4) is 0 Å². The number of nitrogens with two attached hydrogens (primary N) is 1. The summed E-state index contributed by atoms with van der Waals surface area (Å²) < 4.78 is 7.90. The molecule has 0 saturated carbocycles. The number of carbonyl (C=O) groups is 2. The molecule has 6 rings (SSSR count). The fourth-order valence-corrected chi connectivity index (χ4v) is 5.27. The summed E-state index contributed by atoms with van der Waals surface area (Å²) in [5, 5.41) is 2.96. The lowest BCUT2D eigenvalue weighted by atomic mass is 10.1. The largest absolute Gasteiger partial charge is 0.493 e. The third-order valence-electron chi connectivity index (χ3n) is 7.31. The molecule has 2 amide bonds. The summed E-state index contributed by atoms with van der Waals surface area (Å²) in [6, 6.07) is 11.0. The van der Waals surface area contributed by atoms with Gasteiger partial charge in [0.05, 0.1) is 46.3 Å². The minimum atomic E-state index is -0.103. The number of hydrogen-bond donors (Lipinski definition) is 3. The average Bonchev–Trinajstić information content (AvgIpc) is 3.59. The van der Waals surface area contributed by atoms with Crippen molar-refractivity contribution in [1.29, 1.82) is 0 Å². The molecule has 40 heavy (non-hydrogen) atoms. The number of rotatable bonds is 7. The van der Waals surface area contributed by atoms with Crippen LogP contribution in [0.5, 0.6) is 5.75 Å². The first-order valence-electron chi connectivity index (χ1n) is 13.3. The summed E-state index contributed by atoms with van der Waals surface area (Å²) in [6.45, 7) is 6.86. The van der Waals surface area contributed by atoms with E-state index in [1.165, 1.54) is 0 Å². The van der Waals surface area contributed by atoms with Crippen LogP contribution in [0.1, 0.15) is 35.2 Å². The van der Waals surface area contributed by atoms with Crippen molar-refractivity contribution >= 4 is 46.1 Å². The number of nitrogens with one attached hydrogen (secondary N) is 2. The van der Waals surface area contributed by atoms with Crippen LogP contribution in [0, 0.1) is 6.92 Å². The number of aryl methyl sites for hydroxylation is 2. The van der Waals surface area contributed by atoms with E-state index in [1.807, 2.05) is 72.2 Å². The van der Waals surface area contributed by atoms with E-state index in [4.69, 9.17) is 10.5 Å². The molecule has 2 aliphatic rings. The van der Waals surface area contributed by atoms with Gasteiger partial charge in [-0.15, -0.1) is 0 Å². The SMILES string of the molecule is C=C1CC2C=Nc3cc(OCCCC(=O)Nc4cc(-c5nc6ccc(N)cc6[nH]5)n(C)c4)c(C)cc3C(=O)N2C1. The molecule has 10 heteroatoms. The van der Waals surface area contributed by atoms with Crippen molar-refractivity contribution in [2.45, 2.75) is 32.2 Å². The summed E-state index contributed by atoms with van der Waals surface area (Å²) in [7, 11) is 1.90. The first-order chi connectivity index (χ1) is 19.2. The van der Waals surface area contributed by atoms with Crippen molar-refractivity contribution in [1.82, 2.24) is 19.4 Å². The molecule has 1 atom stereocenters. The minimum absolute atomic E-state index is 0.0310. The number of aromatic nitrogens is 3. The molecule has 0 bridgehead atoms. The monoisotopic (exact) mass is 537 g/mol. The molecule has 4 N–H and O–H groups in total. The summed E-state index contributed by atoms with van der Waals surface area (Å²) >= 11 is 0. The van der Waals surface area contributed by atoms with Crippen LogP contribution in [-0.2, 0) is 11.8 Å². The molecule has 2 aromatic heterocycles. The van der Waals surface area contributed by atoms with Crippen LogP contribution in [-0.4, -0.2) is 56.7 Å². The van der Waals surface area contributed by atoms with Gasteiger partial charge in [0.2, 0.25) is 5.91 Å². The predicted octanol–water partition coefficient (Wildman–Crippen LogP) is 4.74. The fraction of sp³-hybridized carbons (Fsp3) is 0.267. The Morgan fingerprint density at radius 2 is 2.12 bits per heavy atom. The second-order valence-electron chi connectivity index (χ2n) is 10.5. The van der Waals surface area contributed by atoms with Gasteiger partial charge in [-0.05, 0) is 55.7 Å². The van der Waals surface area contributed by atoms with Gasteiger partial charge in [-0.1, -0.05) is 12.2 Å². The molecular formula is C30H31N7O3. The van der Waals surface area contributed by atoms with Gasteiger partial charge in [0.25, 0.3) is 5.91 Å². The molecule has 204 valence electrons. The Morgan fingerprint density at radius 3 is 2.98 bits per heavy atom. The van der Waals surface area contributed by atoms with Gasteiger partial charge in [-0.3, -0.25) is 14.6 Å². The predicted molar refractivity (Wildman–Crippen MR) is 156 cm³/mol. The second-order valence-corrected chi connectivity index (χ2v) is 10.5. The molecule has 1 fully saturated rings. The zero-order valence-corrected chi connectivity index (χ0v) is 22.5. The van der Waals surface area contributed by atoms with E-state index in [0.29, 0.717) is 60.2 Å². The maximum Gasteiger partial charge on any atom is 0.256 e. The zero-order valence-electron chi connectivity index (χ0n) is 22.5. The number of ether oxygens (including phenoxy) is 1. The van der Waals surface area contributed by atoms with Crippen LogP contribution in [0.25, 0.3) is 22.6 Å². The van der Waals surface area contributed by atoms with Crippen LogP contribution < -0.4 is 15.8 Å². The Kier molecular flexibility index (Phi) is 6.37. The maximum absolute atomic E-state index is 13.1. The van der Waals surface area contributed by atoms with Gasteiger partial charge in [-0.25, -0.2) is 4.98 Å². The molecule has 10 nitrogen and oxygen atoms in total. The van der Waals surface area contributed by atoms with Gasteiger partial charge < -0.3 is 30.2 Å². The van der Waals surface area contributed by atoms with Gasteiger partial charge >= 0.3 is 0 Å². The van der Waals surface area contributed by atoms with Gasteiger partial charge in [0.15, 0.2) is 5.82 Å². The highest BCUT2D eigenvalue weighted by Crippen LogP contribution is 2.35. The number of amides is 2. The lowest BCUT2D eigenvalue weighted by molar-refractivity contribution is -0.116. The number of carbonyl (C=O) groups excluding carboxylic acids is 2. The highest BCUT2D eigenvalue weighted by Gasteiger charge is 2.33. The number of anilines is 2. The molecule has 4 heterocycles. The number of imidazole rings is 1. The van der Waals surface area contributed by atoms with Gasteiger partial charge in [0, 0.05) is 44.2 Å². The smallest absolute Gasteiger partial charge is 0.256 e. The third-order valence-corrected chi connectivity index (χ3v) is 7.31. The van der Waals surface area contributed by atoms with Gasteiger partial charge in [-0.2, -0.15) is 0 Å². The maximum atomic E-state index is 13.1. The van der Waals surface area contributed by atoms with Crippen LogP contribution in [0.4, 0.5) is 17.1 Å². The summed E-state index contributed by atoms with van der Waals surface area (Å²) in [6.07, 6.45) is 5.26. The van der Waals surface area contributed by atoms with Crippen molar-refractivity contribution in [2.24, 2.45) is 12.0 Å². The lowest BCUT2D eigenvalue weighted by Gasteiger charge is -2.20. The Bertz CT molecular complexity index is 1700. The molecular weight excluding hydrogens is 506 g/mol. The molecule has 0 radical (unpaired) electrons. The highest BCUT2D eigenvalue weighted by atomic mass is 16.5. The topological polar surface area (TPSA) is 131 Å². The Balaban J connectivity index is 1.05. The third kappa shape index (κ3) is 4.84. The Labute approximate surface area is 231 Å². The molecule has 0 spiro atoms. The summed E-state index contributed by atoms with van der Waals surface area (Å²) in [5.41, 5.74) is 12.8. The van der Waals surface area contributed by atoms with E-state index < -0.39 is 0 Å². The molecule has 2 aliphatic heterocycles. The second kappa shape index (κ2) is 10.0. The van der Waals surface area contributed by atoms with E-state index in [1.54, 1.807) is 0 Å². The van der Waals surface area contributed by atoms with E-state index >= 15 is 0 Å². The molecule has 0 aliphatic carbocycles. The van der Waals surface area contributed by atoms with E-state index in [2.05, 4.69) is 26.9 Å². The number of fused-ring (bicyclic) bond motifs is 3. The van der Waals surface area contributed by atoms with E-state index in [0.717, 1.165) is 34.3 Å². The van der Waals surface area contributed by atoms with Crippen molar-refractivity contribution in [3.05, 3.63) is 65.9 Å². The van der Waals surface area contributed by atoms with Crippen molar-refractivity contribution in [3.63, 3.8) is 0 Å². The Morgan fingerprint density at radius 1 is 1.27 bits per heavy atom. The quantitative estimate of drug-likeness (QED) is 0.178. The molecule has 1 unspecified atom stereocenters. The van der Waals surface area contributed by atoms with E-state index in [-0.39, 0.29) is 17.9 Å². The minimum Gasteiger partial charge on any atom is -0.493 e. The fourth-order valence-electron chi connectivity index (χ4n) is 5.27. The normalized spacial score (nSPS) is 16.2. The average molecular weight is 538 g/mol. The van der Waals surface area contributed by atoms with Crippen LogP contribution in [0.15, 0.2) is 59.7 Å². The van der Waals surface area contributed by atoms with Crippen LogP contribution >= 0.6 is 0 Å². The number of nitrogens with zero attached hydrogens (tertiary/aromatic N) is 4. The van der Waals surface area contributed by atoms with Gasteiger partial charge in [0.1, 0.15) is 5.75 Å². The number of aliphatic imine (C=N–C) groups is 1. The molecule has 1 saturated heterocycles. The first-order valence-corrected chi connectivity index (χ1v) is 13.3. The lowest BCUT2D eigenvalue weighted by Crippen LogP contribution is -2.35. The molecule has 4 aromatic rings. The summed E-state index contributed by atoms with van der Waals surface area (Å²) in [4.78, 5) is 40.0. The number of H-pyrrole nitrogens is 1. The van der Waals surface area contributed by atoms with Crippen molar-refractivity contribution in [3.8, 4) is 17.3 Å². The van der Waals surface area contributed by atoms with Crippen molar-refractivity contribution in [2.75, 3.05) is 24.2 Å². The number of nitrogen functional groups attached to an aromatic ring is 1.